The number of morpholine rings is 1. The van der Waals surface area contributed by atoms with Gasteiger partial charge in [-0.15, -0.1) is 0 Å². The van der Waals surface area contributed by atoms with Gasteiger partial charge in [-0.3, -0.25) is 0 Å². The van der Waals surface area contributed by atoms with E-state index < -0.39 is 0 Å². The molecule has 0 saturated carbocycles. The molecule has 0 amide bonds. The lowest BCUT2D eigenvalue weighted by Gasteiger charge is -2.27. The van der Waals surface area contributed by atoms with Crippen molar-refractivity contribution in [3.05, 3.63) is 46.7 Å². The van der Waals surface area contributed by atoms with E-state index in [4.69, 9.17) is 4.74 Å². The first kappa shape index (κ1) is 14.3. The minimum absolute atomic E-state index is 0.743. The average molecular weight is 349 g/mol. The van der Waals surface area contributed by atoms with Crippen LogP contribution in [0.5, 0.6) is 0 Å². The van der Waals surface area contributed by atoms with Crippen LogP contribution >= 0.6 is 15.9 Å². The molecule has 1 N–H and O–H groups in total. The molecule has 21 heavy (non-hydrogen) atoms. The van der Waals surface area contributed by atoms with Gasteiger partial charge in [-0.05, 0) is 17.7 Å². The summed E-state index contributed by atoms with van der Waals surface area (Å²) in [5, 5.41) is 3.34. The lowest BCUT2D eigenvalue weighted by molar-refractivity contribution is 0.122. The van der Waals surface area contributed by atoms with Crippen LogP contribution in [0.15, 0.2) is 41.1 Å². The van der Waals surface area contributed by atoms with Gasteiger partial charge in [0.05, 0.1) is 13.2 Å². The van der Waals surface area contributed by atoms with E-state index in [0.717, 1.165) is 49.0 Å². The summed E-state index contributed by atoms with van der Waals surface area (Å²) in [5.74, 6) is 1.79. The zero-order valence-electron chi connectivity index (χ0n) is 11.6. The fraction of sp³-hybridized carbons (Fsp3) is 0.333. The summed E-state index contributed by atoms with van der Waals surface area (Å²) in [5.41, 5.74) is 1.21. The van der Waals surface area contributed by atoms with E-state index in [1.807, 2.05) is 18.2 Å². The van der Waals surface area contributed by atoms with Gasteiger partial charge in [0.25, 0.3) is 0 Å². The number of nitrogens with zero attached hydrogens (tertiary/aromatic N) is 3. The fourth-order valence-corrected chi connectivity index (χ4v) is 2.47. The third-order valence-electron chi connectivity index (χ3n) is 3.37. The second-order valence-corrected chi connectivity index (χ2v) is 5.76. The molecule has 1 aromatic carbocycles. The molecular weight excluding hydrogens is 332 g/mol. The number of hydrogen-bond donors (Lipinski definition) is 1. The van der Waals surface area contributed by atoms with Gasteiger partial charge in [0.1, 0.15) is 18.0 Å². The molecule has 110 valence electrons. The smallest absolute Gasteiger partial charge is 0.134 e. The molecule has 0 bridgehead atoms. The van der Waals surface area contributed by atoms with E-state index in [-0.39, 0.29) is 0 Å². The van der Waals surface area contributed by atoms with Gasteiger partial charge in [-0.2, -0.15) is 0 Å². The molecule has 3 rings (SSSR count). The molecule has 0 spiro atoms. The Labute approximate surface area is 132 Å². The van der Waals surface area contributed by atoms with Crippen molar-refractivity contribution in [2.24, 2.45) is 0 Å². The Bertz CT molecular complexity index is 584. The molecular formula is C15H17BrN4O. The van der Waals surface area contributed by atoms with Crippen LogP contribution in [0, 0.1) is 0 Å². The number of hydrogen-bond acceptors (Lipinski definition) is 5. The maximum absolute atomic E-state index is 5.36. The normalized spacial score (nSPS) is 15.0. The highest BCUT2D eigenvalue weighted by atomic mass is 79.9. The summed E-state index contributed by atoms with van der Waals surface area (Å²) >= 11 is 3.44. The third kappa shape index (κ3) is 3.92. The van der Waals surface area contributed by atoms with Crippen molar-refractivity contribution in [3.8, 4) is 0 Å². The summed E-state index contributed by atoms with van der Waals surface area (Å²) < 4.78 is 6.45. The highest BCUT2D eigenvalue weighted by molar-refractivity contribution is 9.10. The topological polar surface area (TPSA) is 50.3 Å². The lowest BCUT2D eigenvalue weighted by Crippen LogP contribution is -2.36. The Morgan fingerprint density at radius 3 is 2.67 bits per heavy atom. The van der Waals surface area contributed by atoms with E-state index in [2.05, 4.69) is 48.2 Å². The van der Waals surface area contributed by atoms with Crippen LogP contribution in [-0.4, -0.2) is 36.3 Å². The van der Waals surface area contributed by atoms with Crippen LogP contribution in [0.25, 0.3) is 0 Å². The van der Waals surface area contributed by atoms with Gasteiger partial charge in [-0.1, -0.05) is 28.1 Å². The molecule has 0 atom stereocenters. The number of nitrogens with one attached hydrogen (secondary N) is 1. The molecule has 2 aromatic rings. The summed E-state index contributed by atoms with van der Waals surface area (Å²) in [6, 6.07) is 10.2. The van der Waals surface area contributed by atoms with E-state index in [0.29, 0.717) is 0 Å². The molecule has 1 saturated heterocycles. The molecule has 1 aromatic heterocycles. The quantitative estimate of drug-likeness (QED) is 0.920. The second kappa shape index (κ2) is 6.87. The number of anilines is 2. The van der Waals surface area contributed by atoms with E-state index in [1.54, 1.807) is 6.33 Å². The van der Waals surface area contributed by atoms with Crippen molar-refractivity contribution in [2.45, 2.75) is 6.54 Å². The van der Waals surface area contributed by atoms with Crippen molar-refractivity contribution in [2.75, 3.05) is 36.5 Å². The number of benzene rings is 1. The Balaban J connectivity index is 1.64. The van der Waals surface area contributed by atoms with Crippen molar-refractivity contribution in [1.29, 1.82) is 0 Å². The van der Waals surface area contributed by atoms with Crippen molar-refractivity contribution >= 4 is 27.6 Å². The monoisotopic (exact) mass is 348 g/mol. The largest absolute Gasteiger partial charge is 0.378 e. The van der Waals surface area contributed by atoms with Crippen molar-refractivity contribution in [3.63, 3.8) is 0 Å². The van der Waals surface area contributed by atoms with Crippen LogP contribution < -0.4 is 10.2 Å². The minimum atomic E-state index is 0.743. The highest BCUT2D eigenvalue weighted by Gasteiger charge is 2.12. The van der Waals surface area contributed by atoms with Crippen LogP contribution in [-0.2, 0) is 11.3 Å². The predicted octanol–water partition coefficient (Wildman–Crippen LogP) is 2.69. The van der Waals surface area contributed by atoms with Crippen LogP contribution in [0.2, 0.25) is 0 Å². The summed E-state index contributed by atoms with van der Waals surface area (Å²) in [4.78, 5) is 10.8. The van der Waals surface area contributed by atoms with Gasteiger partial charge < -0.3 is 15.0 Å². The van der Waals surface area contributed by atoms with Crippen LogP contribution in [0.4, 0.5) is 11.6 Å². The summed E-state index contributed by atoms with van der Waals surface area (Å²) in [6.07, 6.45) is 1.61. The second-order valence-electron chi connectivity index (χ2n) is 4.84. The van der Waals surface area contributed by atoms with E-state index in [1.165, 1.54) is 5.56 Å². The molecule has 2 heterocycles. The molecule has 0 aliphatic carbocycles. The van der Waals surface area contributed by atoms with Crippen LogP contribution in [0.1, 0.15) is 5.56 Å². The van der Waals surface area contributed by atoms with E-state index in [9.17, 15) is 0 Å². The number of aromatic nitrogens is 2. The maximum Gasteiger partial charge on any atom is 0.134 e. The van der Waals surface area contributed by atoms with Gasteiger partial charge in [0.2, 0.25) is 0 Å². The van der Waals surface area contributed by atoms with Crippen molar-refractivity contribution < 1.29 is 4.74 Å². The molecule has 1 aliphatic rings. The van der Waals surface area contributed by atoms with Crippen molar-refractivity contribution in [1.82, 2.24) is 9.97 Å². The zero-order valence-corrected chi connectivity index (χ0v) is 13.2. The number of halogens is 1. The van der Waals surface area contributed by atoms with E-state index >= 15 is 0 Å². The Morgan fingerprint density at radius 2 is 1.90 bits per heavy atom. The number of rotatable bonds is 4. The Kier molecular flexibility index (Phi) is 4.67. The average Bonchev–Trinajstić information content (AvgIpc) is 2.55. The van der Waals surface area contributed by atoms with Gasteiger partial charge in [0, 0.05) is 30.2 Å². The Hall–Kier alpha value is -1.66. The van der Waals surface area contributed by atoms with Gasteiger partial charge in [-0.25, -0.2) is 9.97 Å². The zero-order chi connectivity index (χ0) is 14.5. The predicted molar refractivity (Wildman–Crippen MR) is 86.5 cm³/mol. The highest BCUT2D eigenvalue weighted by Crippen LogP contribution is 2.16. The maximum atomic E-state index is 5.36. The first-order valence-corrected chi connectivity index (χ1v) is 7.73. The molecule has 1 aliphatic heterocycles. The molecule has 6 heteroatoms. The molecule has 0 unspecified atom stereocenters. The minimum Gasteiger partial charge on any atom is -0.378 e. The molecule has 0 radical (unpaired) electrons. The summed E-state index contributed by atoms with van der Waals surface area (Å²) in [7, 11) is 0. The Morgan fingerprint density at radius 1 is 1.14 bits per heavy atom. The lowest BCUT2D eigenvalue weighted by atomic mass is 10.2. The van der Waals surface area contributed by atoms with Crippen LogP contribution in [0.3, 0.4) is 0 Å². The van der Waals surface area contributed by atoms with Gasteiger partial charge in [0.15, 0.2) is 0 Å². The number of ether oxygens (including phenoxy) is 1. The fourth-order valence-electron chi connectivity index (χ4n) is 2.20. The van der Waals surface area contributed by atoms with Gasteiger partial charge >= 0.3 is 0 Å². The standard InChI is InChI=1S/C15H17BrN4O/c16-13-3-1-12(2-4-13)10-17-14-9-15(19-11-18-14)20-5-7-21-8-6-20/h1-4,9,11H,5-8,10H2,(H,17,18,19). The third-order valence-corrected chi connectivity index (χ3v) is 3.90. The summed E-state index contributed by atoms with van der Waals surface area (Å²) in [6.45, 7) is 4.01. The molecule has 1 fully saturated rings. The molecule has 5 nitrogen and oxygen atoms in total. The SMILES string of the molecule is Brc1ccc(CNc2cc(N3CCOCC3)ncn2)cc1. The first-order chi connectivity index (χ1) is 10.3. The first-order valence-electron chi connectivity index (χ1n) is 6.94.